The number of carbonyl (C=O) groups is 1. The Balaban J connectivity index is 1.16. The second kappa shape index (κ2) is 9.96. The van der Waals surface area contributed by atoms with Gasteiger partial charge in [-0.3, -0.25) is 4.79 Å². The zero-order chi connectivity index (χ0) is 21.6. The molecule has 1 amide bonds. The molecule has 4 rings (SSSR count). The Morgan fingerprint density at radius 3 is 2.71 bits per heavy atom. The maximum Gasteiger partial charge on any atom is 0.253 e. The van der Waals surface area contributed by atoms with Crippen molar-refractivity contribution in [3.05, 3.63) is 65.6 Å². The van der Waals surface area contributed by atoms with Crippen LogP contribution < -0.4 is 10.1 Å². The molecule has 5 nitrogen and oxygen atoms in total. The van der Waals surface area contributed by atoms with E-state index in [1.54, 1.807) is 19.2 Å². The lowest BCUT2D eigenvalue weighted by molar-refractivity contribution is 0.0690. The quantitative estimate of drug-likeness (QED) is 0.529. The molecule has 1 fully saturated rings. The normalized spacial score (nSPS) is 14.8. The van der Waals surface area contributed by atoms with Crippen LogP contribution in [0.15, 0.2) is 48.7 Å². The van der Waals surface area contributed by atoms with Gasteiger partial charge in [-0.05, 0) is 92.7 Å². The number of piperidine rings is 1. The molecule has 0 aliphatic carbocycles. The number of nitrogens with one attached hydrogen (secondary N) is 2. The number of hydrogen-bond acceptors (Lipinski definition) is 3. The van der Waals surface area contributed by atoms with Crippen LogP contribution in [0.2, 0.25) is 0 Å². The minimum absolute atomic E-state index is 0.101. The first-order valence-corrected chi connectivity index (χ1v) is 11.0. The number of likely N-dealkylation sites (tertiary alicyclic amines) is 1. The van der Waals surface area contributed by atoms with Gasteiger partial charge in [-0.25, -0.2) is 4.39 Å². The van der Waals surface area contributed by atoms with Gasteiger partial charge in [0, 0.05) is 35.8 Å². The van der Waals surface area contributed by atoms with Crippen molar-refractivity contribution in [1.82, 2.24) is 15.2 Å². The number of amides is 1. The summed E-state index contributed by atoms with van der Waals surface area (Å²) in [6, 6.07) is 12.2. The zero-order valence-corrected chi connectivity index (χ0v) is 18.0. The van der Waals surface area contributed by atoms with Gasteiger partial charge < -0.3 is 19.9 Å². The van der Waals surface area contributed by atoms with Crippen molar-refractivity contribution in [2.45, 2.75) is 25.7 Å². The molecule has 0 atom stereocenters. The van der Waals surface area contributed by atoms with Gasteiger partial charge >= 0.3 is 0 Å². The van der Waals surface area contributed by atoms with E-state index in [0.717, 1.165) is 74.1 Å². The molecule has 3 aromatic rings. The van der Waals surface area contributed by atoms with Crippen LogP contribution >= 0.6 is 0 Å². The lowest BCUT2D eigenvalue weighted by atomic mass is 9.96. The molecule has 0 unspecified atom stereocenters. The molecule has 0 spiro atoms. The molecule has 164 valence electrons. The number of nitrogens with zero attached hydrogens (tertiary/aromatic N) is 1. The van der Waals surface area contributed by atoms with Crippen molar-refractivity contribution < 1.29 is 13.9 Å². The number of H-pyrrole nitrogens is 1. The van der Waals surface area contributed by atoms with Gasteiger partial charge in [0.1, 0.15) is 11.6 Å². The number of hydrogen-bond donors (Lipinski definition) is 2. The molecular weight excluding hydrogens is 393 g/mol. The van der Waals surface area contributed by atoms with Crippen LogP contribution in [0.5, 0.6) is 5.75 Å². The van der Waals surface area contributed by atoms with Gasteiger partial charge in [0.25, 0.3) is 5.91 Å². The van der Waals surface area contributed by atoms with Crippen LogP contribution in [0, 0.1) is 11.7 Å². The summed E-state index contributed by atoms with van der Waals surface area (Å²) in [5, 5.41) is 4.54. The van der Waals surface area contributed by atoms with Gasteiger partial charge in [-0.15, -0.1) is 0 Å². The zero-order valence-electron chi connectivity index (χ0n) is 18.0. The lowest BCUT2D eigenvalue weighted by Gasteiger charge is -2.32. The first kappa shape index (κ1) is 21.4. The molecule has 6 heteroatoms. The van der Waals surface area contributed by atoms with E-state index >= 15 is 0 Å². The van der Waals surface area contributed by atoms with Crippen molar-refractivity contribution in [2.24, 2.45) is 5.92 Å². The number of carbonyl (C=O) groups excluding carboxylic acids is 1. The van der Waals surface area contributed by atoms with E-state index in [9.17, 15) is 9.18 Å². The highest BCUT2D eigenvalue weighted by Gasteiger charge is 2.23. The van der Waals surface area contributed by atoms with E-state index in [2.05, 4.69) is 10.3 Å². The van der Waals surface area contributed by atoms with E-state index in [-0.39, 0.29) is 11.7 Å². The number of aromatic amines is 1. The standard InChI is InChI=1S/C25H30FN3O2/c1-31-22-7-4-19(5-8-22)25(30)29-13-10-18(11-14-29)16-27-12-2-3-20-17-28-24-9-6-21(26)15-23(20)24/h4-9,15,17-18,27-28H,2-3,10-14,16H2,1H3. The molecular formula is C25H30FN3O2. The first-order chi connectivity index (χ1) is 15.1. The smallest absolute Gasteiger partial charge is 0.253 e. The molecule has 2 aromatic carbocycles. The molecule has 31 heavy (non-hydrogen) atoms. The summed E-state index contributed by atoms with van der Waals surface area (Å²) in [4.78, 5) is 17.8. The molecule has 1 aliphatic rings. The SMILES string of the molecule is COc1ccc(C(=O)N2CCC(CNCCCc3c[nH]c4ccc(F)cc34)CC2)cc1. The van der Waals surface area contributed by atoms with Crippen LogP contribution in [-0.2, 0) is 6.42 Å². The summed E-state index contributed by atoms with van der Waals surface area (Å²) in [7, 11) is 1.62. The highest BCUT2D eigenvalue weighted by Crippen LogP contribution is 2.21. The average Bonchev–Trinajstić information content (AvgIpc) is 3.21. The monoisotopic (exact) mass is 423 g/mol. The van der Waals surface area contributed by atoms with Gasteiger partial charge in [0.2, 0.25) is 0 Å². The highest BCUT2D eigenvalue weighted by atomic mass is 19.1. The highest BCUT2D eigenvalue weighted by molar-refractivity contribution is 5.94. The topological polar surface area (TPSA) is 57.4 Å². The van der Waals surface area contributed by atoms with Gasteiger partial charge in [-0.2, -0.15) is 0 Å². The van der Waals surface area contributed by atoms with E-state index in [4.69, 9.17) is 4.74 Å². The van der Waals surface area contributed by atoms with E-state index in [1.165, 1.54) is 11.6 Å². The predicted octanol–water partition coefficient (Wildman–Crippen LogP) is 4.39. The number of methoxy groups -OCH3 is 1. The fraction of sp³-hybridized carbons (Fsp3) is 0.400. The molecule has 0 radical (unpaired) electrons. The fourth-order valence-corrected chi connectivity index (χ4v) is 4.32. The van der Waals surface area contributed by atoms with Crippen molar-refractivity contribution in [3.8, 4) is 5.75 Å². The van der Waals surface area contributed by atoms with E-state index in [0.29, 0.717) is 5.92 Å². The van der Waals surface area contributed by atoms with Crippen LogP contribution in [0.4, 0.5) is 4.39 Å². The molecule has 1 aromatic heterocycles. The Morgan fingerprint density at radius 2 is 1.97 bits per heavy atom. The van der Waals surface area contributed by atoms with E-state index in [1.807, 2.05) is 35.4 Å². The Morgan fingerprint density at radius 1 is 1.19 bits per heavy atom. The number of rotatable bonds is 8. The molecule has 0 bridgehead atoms. The largest absolute Gasteiger partial charge is 0.497 e. The first-order valence-electron chi connectivity index (χ1n) is 11.0. The minimum atomic E-state index is -0.191. The summed E-state index contributed by atoms with van der Waals surface area (Å²) in [5.41, 5.74) is 2.87. The van der Waals surface area contributed by atoms with Gasteiger partial charge in [0.05, 0.1) is 7.11 Å². The summed E-state index contributed by atoms with van der Waals surface area (Å²) < 4.78 is 18.7. The summed E-state index contributed by atoms with van der Waals surface area (Å²) >= 11 is 0. The Kier molecular flexibility index (Phi) is 6.87. The lowest BCUT2D eigenvalue weighted by Crippen LogP contribution is -2.40. The van der Waals surface area contributed by atoms with Crippen molar-refractivity contribution in [3.63, 3.8) is 0 Å². The van der Waals surface area contributed by atoms with Gasteiger partial charge in [0.15, 0.2) is 0 Å². The van der Waals surface area contributed by atoms with Crippen molar-refractivity contribution in [2.75, 3.05) is 33.3 Å². The third-order valence-corrected chi connectivity index (χ3v) is 6.20. The third-order valence-electron chi connectivity index (χ3n) is 6.20. The Hall–Kier alpha value is -2.86. The van der Waals surface area contributed by atoms with E-state index < -0.39 is 0 Å². The number of halogens is 1. The van der Waals surface area contributed by atoms with Gasteiger partial charge in [-0.1, -0.05) is 0 Å². The summed E-state index contributed by atoms with van der Waals surface area (Å²) in [6.07, 6.45) is 5.97. The Bertz CT molecular complexity index is 1010. The molecule has 1 saturated heterocycles. The molecule has 2 heterocycles. The average molecular weight is 424 g/mol. The third kappa shape index (κ3) is 5.25. The minimum Gasteiger partial charge on any atom is -0.497 e. The summed E-state index contributed by atoms with van der Waals surface area (Å²) in [5.74, 6) is 1.27. The number of ether oxygens (including phenoxy) is 1. The van der Waals surface area contributed by atoms with Crippen LogP contribution in [0.3, 0.4) is 0 Å². The molecule has 0 saturated carbocycles. The van der Waals surface area contributed by atoms with Crippen molar-refractivity contribution in [1.29, 1.82) is 0 Å². The second-order valence-corrected chi connectivity index (χ2v) is 8.28. The van der Waals surface area contributed by atoms with Crippen LogP contribution in [0.1, 0.15) is 35.2 Å². The maximum absolute atomic E-state index is 13.5. The number of fused-ring (bicyclic) bond motifs is 1. The number of benzene rings is 2. The summed E-state index contributed by atoms with van der Waals surface area (Å²) in [6.45, 7) is 3.52. The predicted molar refractivity (Wildman–Crippen MR) is 121 cm³/mol. The maximum atomic E-state index is 13.5. The van der Waals surface area contributed by atoms with Crippen molar-refractivity contribution >= 4 is 16.8 Å². The second-order valence-electron chi connectivity index (χ2n) is 8.28. The molecule has 2 N–H and O–H groups in total. The fourth-order valence-electron chi connectivity index (χ4n) is 4.32. The molecule has 1 aliphatic heterocycles. The number of aryl methyl sites for hydroxylation is 1. The van der Waals surface area contributed by atoms with Crippen LogP contribution in [-0.4, -0.2) is 49.1 Å². The Labute approximate surface area is 182 Å². The van der Waals surface area contributed by atoms with Crippen LogP contribution in [0.25, 0.3) is 10.9 Å². The number of aromatic nitrogens is 1.